The number of aliphatic carboxylic acids is 1. The Morgan fingerprint density at radius 2 is 2.15 bits per heavy atom. The number of carboxylic acid groups (broad SMARTS) is 1. The Bertz CT molecular complexity index is 536. The number of piperidine rings is 1. The number of carboxylic acids is 1. The molecule has 0 spiro atoms. The predicted octanol–water partition coefficient (Wildman–Crippen LogP) is 1.42. The summed E-state index contributed by atoms with van der Waals surface area (Å²) >= 11 is 0. The predicted molar refractivity (Wildman–Crippen MR) is 76.7 cm³/mol. The molecule has 2 rings (SSSR count). The van der Waals surface area contributed by atoms with Crippen LogP contribution in [0.1, 0.15) is 26.7 Å². The van der Waals surface area contributed by atoms with Crippen molar-refractivity contribution >= 4 is 5.97 Å². The molecule has 1 unspecified atom stereocenters. The Morgan fingerprint density at radius 3 is 2.80 bits per heavy atom. The van der Waals surface area contributed by atoms with E-state index in [9.17, 15) is 14.7 Å². The minimum atomic E-state index is -0.768. The molecule has 1 aromatic heterocycles. The first kappa shape index (κ1) is 14.8. The van der Waals surface area contributed by atoms with E-state index < -0.39 is 12.0 Å². The number of nitrogens with zero attached hydrogens (tertiary/aromatic N) is 2. The van der Waals surface area contributed by atoms with Gasteiger partial charge in [0.05, 0.1) is 0 Å². The second kappa shape index (κ2) is 5.79. The number of aromatic nitrogens is 1. The standard InChI is InChI=1S/C15H22N2O3/c1-15(2)7-5-9-17(13(15)14(19)20)11-10-16-8-4-3-6-12(16)18/h3-4,6,8,13H,5,7,9-11H2,1-2H3,(H,19,20). The van der Waals surface area contributed by atoms with Gasteiger partial charge in [0.25, 0.3) is 5.56 Å². The van der Waals surface area contributed by atoms with Crippen molar-refractivity contribution < 1.29 is 9.90 Å². The van der Waals surface area contributed by atoms with E-state index in [1.807, 2.05) is 24.8 Å². The summed E-state index contributed by atoms with van der Waals surface area (Å²) in [6.07, 6.45) is 3.67. The lowest BCUT2D eigenvalue weighted by Gasteiger charge is -2.44. The van der Waals surface area contributed by atoms with Crippen LogP contribution in [0.15, 0.2) is 29.2 Å². The highest BCUT2D eigenvalue weighted by Gasteiger charge is 2.42. The Labute approximate surface area is 118 Å². The first-order chi connectivity index (χ1) is 9.42. The van der Waals surface area contributed by atoms with E-state index in [1.165, 1.54) is 6.07 Å². The highest BCUT2D eigenvalue weighted by Crippen LogP contribution is 2.35. The van der Waals surface area contributed by atoms with Gasteiger partial charge in [-0.2, -0.15) is 0 Å². The summed E-state index contributed by atoms with van der Waals surface area (Å²) in [5, 5.41) is 9.49. The van der Waals surface area contributed by atoms with Gasteiger partial charge in [-0.1, -0.05) is 19.9 Å². The smallest absolute Gasteiger partial charge is 0.321 e. The minimum absolute atomic E-state index is 0.0457. The van der Waals surface area contributed by atoms with Crippen LogP contribution in [0.4, 0.5) is 0 Å². The van der Waals surface area contributed by atoms with Crippen LogP contribution < -0.4 is 5.56 Å². The van der Waals surface area contributed by atoms with Crippen LogP contribution in [0.2, 0.25) is 0 Å². The molecule has 0 bridgehead atoms. The second-order valence-electron chi connectivity index (χ2n) is 6.10. The van der Waals surface area contributed by atoms with Crippen molar-refractivity contribution in [3.8, 4) is 0 Å². The molecule has 1 aromatic rings. The SMILES string of the molecule is CC1(C)CCCN(CCn2ccccc2=O)C1C(=O)O. The lowest BCUT2D eigenvalue weighted by molar-refractivity contribution is -0.150. The average Bonchev–Trinajstić information content (AvgIpc) is 2.36. The molecule has 1 fully saturated rings. The molecule has 110 valence electrons. The lowest BCUT2D eigenvalue weighted by atomic mass is 9.76. The third-order valence-corrected chi connectivity index (χ3v) is 4.13. The van der Waals surface area contributed by atoms with Gasteiger partial charge in [0.2, 0.25) is 0 Å². The Balaban J connectivity index is 2.09. The van der Waals surface area contributed by atoms with Crippen molar-refractivity contribution in [2.24, 2.45) is 5.41 Å². The summed E-state index contributed by atoms with van der Waals surface area (Å²) in [7, 11) is 0. The molecule has 5 heteroatoms. The van der Waals surface area contributed by atoms with Crippen molar-refractivity contribution in [1.29, 1.82) is 0 Å². The van der Waals surface area contributed by atoms with E-state index >= 15 is 0 Å². The molecule has 1 aliphatic rings. The van der Waals surface area contributed by atoms with Gasteiger partial charge in [-0.25, -0.2) is 0 Å². The lowest BCUT2D eigenvalue weighted by Crippen LogP contribution is -2.55. The summed E-state index contributed by atoms with van der Waals surface area (Å²) in [5.74, 6) is -0.768. The maximum Gasteiger partial charge on any atom is 0.321 e. The number of hydrogen-bond donors (Lipinski definition) is 1. The zero-order valence-corrected chi connectivity index (χ0v) is 12.1. The average molecular weight is 278 g/mol. The fourth-order valence-electron chi connectivity index (χ4n) is 3.11. The van der Waals surface area contributed by atoms with Gasteiger partial charge in [0, 0.05) is 25.4 Å². The van der Waals surface area contributed by atoms with Gasteiger partial charge >= 0.3 is 5.97 Å². The quantitative estimate of drug-likeness (QED) is 0.905. The molecule has 1 saturated heterocycles. The monoisotopic (exact) mass is 278 g/mol. The molecule has 0 aromatic carbocycles. The molecule has 1 aliphatic heterocycles. The molecule has 2 heterocycles. The van der Waals surface area contributed by atoms with E-state index in [2.05, 4.69) is 0 Å². The Kier molecular flexibility index (Phi) is 4.28. The number of pyridine rings is 1. The van der Waals surface area contributed by atoms with Gasteiger partial charge in [-0.15, -0.1) is 0 Å². The summed E-state index contributed by atoms with van der Waals surface area (Å²) in [4.78, 5) is 25.2. The van der Waals surface area contributed by atoms with Crippen LogP contribution >= 0.6 is 0 Å². The third-order valence-electron chi connectivity index (χ3n) is 4.13. The van der Waals surface area contributed by atoms with Crippen molar-refractivity contribution in [3.05, 3.63) is 34.7 Å². The molecule has 0 saturated carbocycles. The van der Waals surface area contributed by atoms with E-state index in [0.717, 1.165) is 19.4 Å². The summed E-state index contributed by atoms with van der Waals surface area (Å²) in [5.41, 5.74) is -0.276. The van der Waals surface area contributed by atoms with Crippen LogP contribution in [-0.4, -0.2) is 39.7 Å². The summed E-state index contributed by atoms with van der Waals surface area (Å²) < 4.78 is 1.63. The van der Waals surface area contributed by atoms with Crippen LogP contribution in [-0.2, 0) is 11.3 Å². The minimum Gasteiger partial charge on any atom is -0.480 e. The highest BCUT2D eigenvalue weighted by molar-refractivity contribution is 5.74. The first-order valence-electron chi connectivity index (χ1n) is 7.04. The van der Waals surface area contributed by atoms with E-state index in [4.69, 9.17) is 0 Å². The van der Waals surface area contributed by atoms with Gasteiger partial charge in [0.15, 0.2) is 0 Å². The van der Waals surface area contributed by atoms with Gasteiger partial charge in [-0.3, -0.25) is 14.5 Å². The number of rotatable bonds is 4. The first-order valence-corrected chi connectivity index (χ1v) is 7.04. The molecule has 1 N–H and O–H groups in total. The molecular formula is C15H22N2O3. The maximum absolute atomic E-state index is 11.7. The third kappa shape index (κ3) is 3.10. The zero-order chi connectivity index (χ0) is 14.8. The fourth-order valence-corrected chi connectivity index (χ4v) is 3.11. The molecule has 0 aliphatic carbocycles. The number of carbonyl (C=O) groups is 1. The van der Waals surface area contributed by atoms with Crippen molar-refractivity contribution in [3.63, 3.8) is 0 Å². The van der Waals surface area contributed by atoms with E-state index in [0.29, 0.717) is 13.1 Å². The van der Waals surface area contributed by atoms with E-state index in [-0.39, 0.29) is 11.0 Å². The largest absolute Gasteiger partial charge is 0.480 e. The maximum atomic E-state index is 11.7. The zero-order valence-electron chi connectivity index (χ0n) is 12.1. The highest BCUT2D eigenvalue weighted by atomic mass is 16.4. The Morgan fingerprint density at radius 1 is 1.40 bits per heavy atom. The fraction of sp³-hybridized carbons (Fsp3) is 0.600. The van der Waals surface area contributed by atoms with Crippen LogP contribution in [0.25, 0.3) is 0 Å². The van der Waals surface area contributed by atoms with Crippen molar-refractivity contribution in [1.82, 2.24) is 9.47 Å². The molecule has 20 heavy (non-hydrogen) atoms. The van der Waals surface area contributed by atoms with Crippen LogP contribution in [0.3, 0.4) is 0 Å². The summed E-state index contributed by atoms with van der Waals surface area (Å²) in [6, 6.07) is 4.57. The van der Waals surface area contributed by atoms with Crippen molar-refractivity contribution in [2.75, 3.05) is 13.1 Å². The second-order valence-corrected chi connectivity index (χ2v) is 6.10. The van der Waals surface area contributed by atoms with Crippen molar-refractivity contribution in [2.45, 2.75) is 39.3 Å². The summed E-state index contributed by atoms with van der Waals surface area (Å²) in [6.45, 7) is 5.91. The molecule has 0 radical (unpaired) electrons. The van der Waals surface area contributed by atoms with Gasteiger partial charge in [0.1, 0.15) is 6.04 Å². The number of likely N-dealkylation sites (tertiary alicyclic amines) is 1. The normalized spacial score (nSPS) is 22.6. The van der Waals surface area contributed by atoms with Crippen LogP contribution in [0.5, 0.6) is 0 Å². The molecule has 0 amide bonds. The van der Waals surface area contributed by atoms with Gasteiger partial charge in [-0.05, 0) is 30.9 Å². The van der Waals surface area contributed by atoms with E-state index in [1.54, 1.807) is 16.8 Å². The number of hydrogen-bond acceptors (Lipinski definition) is 3. The molecule has 1 atom stereocenters. The molecular weight excluding hydrogens is 256 g/mol. The molecule has 5 nitrogen and oxygen atoms in total. The topological polar surface area (TPSA) is 62.5 Å². The van der Waals surface area contributed by atoms with Gasteiger partial charge < -0.3 is 9.67 Å². The van der Waals surface area contributed by atoms with Crippen LogP contribution in [0, 0.1) is 5.41 Å². The Hall–Kier alpha value is -1.62.